The number of hydrogen-bond donors (Lipinski definition) is 7. The minimum Gasteiger partial charge on any atom is -0.480 e. The first kappa shape index (κ1) is 29.1. The molecular weight excluding hydrogens is 418 g/mol. The molecule has 0 aromatic carbocycles. The zero-order chi connectivity index (χ0) is 25.0. The summed E-state index contributed by atoms with van der Waals surface area (Å²) < 4.78 is 0. The average molecular weight is 458 g/mol. The molecule has 0 bridgehead atoms. The van der Waals surface area contributed by atoms with Crippen LogP contribution in [0.3, 0.4) is 0 Å². The molecule has 32 heavy (non-hydrogen) atoms. The second kappa shape index (κ2) is 14.2. The maximum absolute atomic E-state index is 12.8. The highest BCUT2D eigenvalue weighted by atomic mass is 16.4. The van der Waals surface area contributed by atoms with Crippen molar-refractivity contribution in [3.8, 4) is 0 Å². The fourth-order valence-electron chi connectivity index (χ4n) is 2.68. The van der Waals surface area contributed by atoms with Crippen LogP contribution in [0.15, 0.2) is 4.99 Å². The summed E-state index contributed by atoms with van der Waals surface area (Å²) in [5, 5.41) is 16.9. The Labute approximate surface area is 189 Å². The van der Waals surface area contributed by atoms with Crippen LogP contribution in [0.5, 0.6) is 0 Å². The number of nitrogens with two attached hydrogens (primary N) is 3. The van der Waals surface area contributed by atoms with Crippen molar-refractivity contribution in [3.63, 3.8) is 0 Å². The lowest BCUT2D eigenvalue weighted by Gasteiger charge is -2.25. The van der Waals surface area contributed by atoms with Crippen molar-refractivity contribution in [2.24, 2.45) is 34.0 Å². The van der Waals surface area contributed by atoms with E-state index in [1.807, 2.05) is 6.92 Å². The number of aliphatic carboxylic acids is 1. The third kappa shape index (κ3) is 10.4. The van der Waals surface area contributed by atoms with E-state index < -0.39 is 47.9 Å². The van der Waals surface area contributed by atoms with Crippen molar-refractivity contribution in [2.75, 3.05) is 6.54 Å². The van der Waals surface area contributed by atoms with Crippen LogP contribution in [0.4, 0.5) is 0 Å². The molecule has 0 radical (unpaired) electrons. The van der Waals surface area contributed by atoms with E-state index in [4.69, 9.17) is 17.2 Å². The van der Waals surface area contributed by atoms with E-state index in [1.165, 1.54) is 6.92 Å². The molecule has 0 saturated carbocycles. The van der Waals surface area contributed by atoms with Crippen molar-refractivity contribution in [1.82, 2.24) is 16.0 Å². The van der Waals surface area contributed by atoms with Gasteiger partial charge in [0.25, 0.3) is 0 Å². The number of aliphatic imine (C=N–C) groups is 1. The molecule has 184 valence electrons. The highest BCUT2D eigenvalue weighted by Gasteiger charge is 2.30. The topological polar surface area (TPSA) is 215 Å². The first-order valence-corrected chi connectivity index (χ1v) is 10.8. The summed E-state index contributed by atoms with van der Waals surface area (Å²) in [6.07, 6.45) is 1.15. The summed E-state index contributed by atoms with van der Waals surface area (Å²) in [5.74, 6) is -3.41. The van der Waals surface area contributed by atoms with Gasteiger partial charge in [-0.3, -0.25) is 19.4 Å². The first-order valence-electron chi connectivity index (χ1n) is 10.8. The Morgan fingerprint density at radius 2 is 1.53 bits per heavy atom. The van der Waals surface area contributed by atoms with Crippen molar-refractivity contribution in [2.45, 2.75) is 78.0 Å². The predicted octanol–water partition coefficient (Wildman–Crippen LogP) is -1.37. The summed E-state index contributed by atoms with van der Waals surface area (Å²) >= 11 is 0. The van der Waals surface area contributed by atoms with E-state index in [1.54, 1.807) is 20.8 Å². The molecule has 10 N–H and O–H groups in total. The van der Waals surface area contributed by atoms with E-state index in [-0.39, 0.29) is 30.8 Å². The van der Waals surface area contributed by atoms with Gasteiger partial charge in [-0.25, -0.2) is 4.79 Å². The normalized spacial score (nSPS) is 15.6. The van der Waals surface area contributed by atoms with Gasteiger partial charge < -0.3 is 38.3 Å². The minimum absolute atomic E-state index is 0.0866. The molecule has 0 aliphatic carbocycles. The van der Waals surface area contributed by atoms with E-state index in [0.717, 1.165) is 0 Å². The SMILES string of the molecule is CCC(C)C(NC(=O)C(C)NC(=O)C(CCCN=C(N)N)NC(=O)C(N)C(C)C)C(=O)O. The lowest BCUT2D eigenvalue weighted by atomic mass is 9.99. The number of rotatable bonds is 14. The number of nitrogens with zero attached hydrogens (tertiary/aromatic N) is 1. The molecule has 0 saturated heterocycles. The maximum atomic E-state index is 12.8. The Balaban J connectivity index is 5.22. The van der Waals surface area contributed by atoms with Crippen LogP contribution < -0.4 is 33.2 Å². The van der Waals surface area contributed by atoms with E-state index in [0.29, 0.717) is 12.8 Å². The number of carboxylic acid groups (broad SMARTS) is 1. The van der Waals surface area contributed by atoms with E-state index in [9.17, 15) is 24.3 Å². The molecule has 3 amide bonds. The third-order valence-electron chi connectivity index (χ3n) is 5.13. The van der Waals surface area contributed by atoms with Crippen molar-refractivity contribution in [3.05, 3.63) is 0 Å². The zero-order valence-electron chi connectivity index (χ0n) is 19.6. The number of carboxylic acids is 1. The molecule has 12 heteroatoms. The fourth-order valence-corrected chi connectivity index (χ4v) is 2.68. The van der Waals surface area contributed by atoms with Crippen LogP contribution in [0, 0.1) is 11.8 Å². The Hall–Kier alpha value is -2.89. The van der Waals surface area contributed by atoms with Gasteiger partial charge in [0.05, 0.1) is 6.04 Å². The average Bonchev–Trinajstić information content (AvgIpc) is 2.71. The number of nitrogens with one attached hydrogen (secondary N) is 3. The number of guanidine groups is 1. The van der Waals surface area contributed by atoms with E-state index in [2.05, 4.69) is 20.9 Å². The second-order valence-corrected chi connectivity index (χ2v) is 8.22. The standard InChI is InChI=1S/C20H39N7O5/c1-6-11(4)15(19(31)32)27-16(28)12(5)25-17(29)13(8-7-9-24-20(22)23)26-18(30)14(21)10(2)3/h10-15H,6-9,21H2,1-5H3,(H,25,29)(H,26,30)(H,27,28)(H,31,32)(H4,22,23,24). The smallest absolute Gasteiger partial charge is 0.326 e. The monoisotopic (exact) mass is 457 g/mol. The molecule has 0 aromatic rings. The number of amides is 3. The van der Waals surface area contributed by atoms with Gasteiger partial charge in [-0.15, -0.1) is 0 Å². The summed E-state index contributed by atoms with van der Waals surface area (Å²) in [6.45, 7) is 8.77. The Morgan fingerprint density at radius 1 is 0.938 bits per heavy atom. The van der Waals surface area contributed by atoms with Gasteiger partial charge in [0.2, 0.25) is 17.7 Å². The quantitative estimate of drug-likeness (QED) is 0.0935. The molecule has 5 atom stereocenters. The number of carbonyl (C=O) groups is 4. The zero-order valence-corrected chi connectivity index (χ0v) is 19.6. The van der Waals surface area contributed by atoms with Crippen LogP contribution in [-0.4, -0.2) is 65.5 Å². The highest BCUT2D eigenvalue weighted by Crippen LogP contribution is 2.08. The molecule has 0 aliphatic rings. The molecule has 0 fully saturated rings. The van der Waals surface area contributed by atoms with Crippen LogP contribution in [-0.2, 0) is 19.2 Å². The van der Waals surface area contributed by atoms with E-state index >= 15 is 0 Å². The lowest BCUT2D eigenvalue weighted by molar-refractivity contribution is -0.143. The van der Waals surface area contributed by atoms with Gasteiger partial charge in [0.15, 0.2) is 5.96 Å². The van der Waals surface area contributed by atoms with Crippen molar-refractivity contribution >= 4 is 29.7 Å². The van der Waals surface area contributed by atoms with Crippen molar-refractivity contribution in [1.29, 1.82) is 0 Å². The van der Waals surface area contributed by atoms with Crippen LogP contribution in [0.2, 0.25) is 0 Å². The fraction of sp³-hybridized carbons (Fsp3) is 0.750. The molecule has 0 aromatic heterocycles. The Bertz CT molecular complexity index is 679. The van der Waals surface area contributed by atoms with Crippen LogP contribution >= 0.6 is 0 Å². The third-order valence-corrected chi connectivity index (χ3v) is 5.13. The molecule has 5 unspecified atom stereocenters. The lowest BCUT2D eigenvalue weighted by Crippen LogP contribution is -2.57. The summed E-state index contributed by atoms with van der Waals surface area (Å²) in [5.41, 5.74) is 16.4. The van der Waals surface area contributed by atoms with Gasteiger partial charge in [0.1, 0.15) is 18.1 Å². The first-order chi connectivity index (χ1) is 14.8. The largest absolute Gasteiger partial charge is 0.480 e. The Morgan fingerprint density at radius 3 is 2.00 bits per heavy atom. The van der Waals surface area contributed by atoms with Gasteiger partial charge in [-0.2, -0.15) is 0 Å². The van der Waals surface area contributed by atoms with Gasteiger partial charge in [0, 0.05) is 6.54 Å². The number of hydrogen-bond acceptors (Lipinski definition) is 6. The summed E-state index contributed by atoms with van der Waals surface area (Å²) in [4.78, 5) is 52.9. The molecule has 0 spiro atoms. The molecular formula is C20H39N7O5. The van der Waals surface area contributed by atoms with Crippen LogP contribution in [0.1, 0.15) is 53.9 Å². The molecule has 0 rings (SSSR count). The minimum atomic E-state index is -1.15. The molecule has 0 heterocycles. The van der Waals surface area contributed by atoms with Gasteiger partial charge in [-0.05, 0) is 31.6 Å². The van der Waals surface area contributed by atoms with Crippen molar-refractivity contribution < 1.29 is 24.3 Å². The second-order valence-electron chi connectivity index (χ2n) is 8.22. The van der Waals surface area contributed by atoms with Gasteiger partial charge in [-0.1, -0.05) is 34.1 Å². The number of carbonyl (C=O) groups excluding carboxylic acids is 3. The Kier molecular flexibility index (Phi) is 12.9. The molecule has 12 nitrogen and oxygen atoms in total. The van der Waals surface area contributed by atoms with Crippen LogP contribution in [0.25, 0.3) is 0 Å². The van der Waals surface area contributed by atoms with Gasteiger partial charge >= 0.3 is 5.97 Å². The summed E-state index contributed by atoms with van der Waals surface area (Å²) in [7, 11) is 0. The highest BCUT2D eigenvalue weighted by molar-refractivity contribution is 5.94. The summed E-state index contributed by atoms with van der Waals surface area (Å²) in [6, 6.07) is -3.88. The predicted molar refractivity (Wildman–Crippen MR) is 121 cm³/mol. The molecule has 0 aliphatic heterocycles. The maximum Gasteiger partial charge on any atom is 0.326 e.